The molecule has 10 nitrogen and oxygen atoms in total. The number of rotatable bonds is 13. The van der Waals surface area contributed by atoms with Crippen LogP contribution in [0.3, 0.4) is 0 Å². The molecular formula is C30H35N3O7S. The van der Waals surface area contributed by atoms with Crippen molar-refractivity contribution < 1.29 is 32.2 Å². The summed E-state index contributed by atoms with van der Waals surface area (Å²) in [4.78, 5) is 29.1. The van der Waals surface area contributed by atoms with E-state index in [1.165, 1.54) is 11.8 Å². The summed E-state index contributed by atoms with van der Waals surface area (Å²) in [5.74, 6) is 0.392. The van der Waals surface area contributed by atoms with Gasteiger partial charge in [0, 0.05) is 25.6 Å². The third-order valence-electron chi connectivity index (χ3n) is 6.73. The van der Waals surface area contributed by atoms with Gasteiger partial charge in [0.05, 0.1) is 18.6 Å². The Morgan fingerprint density at radius 3 is 2.39 bits per heavy atom. The first-order valence-corrected chi connectivity index (χ1v) is 15.0. The fourth-order valence-electron chi connectivity index (χ4n) is 4.57. The lowest BCUT2D eigenvalue weighted by atomic mass is 10.0. The minimum Gasteiger partial charge on any atom is -0.497 e. The van der Waals surface area contributed by atoms with Crippen molar-refractivity contribution in [3.8, 4) is 17.2 Å². The van der Waals surface area contributed by atoms with Crippen molar-refractivity contribution in [3.63, 3.8) is 0 Å². The van der Waals surface area contributed by atoms with Gasteiger partial charge < -0.3 is 24.4 Å². The van der Waals surface area contributed by atoms with Crippen LogP contribution in [0.5, 0.6) is 17.2 Å². The lowest BCUT2D eigenvalue weighted by Gasteiger charge is -2.33. The summed E-state index contributed by atoms with van der Waals surface area (Å²) in [7, 11) is -2.34. The summed E-state index contributed by atoms with van der Waals surface area (Å²) in [5, 5.41) is 2.84. The van der Waals surface area contributed by atoms with Crippen LogP contribution >= 0.6 is 0 Å². The number of methoxy groups -OCH3 is 1. The number of sulfonamides is 1. The Morgan fingerprint density at radius 2 is 1.68 bits per heavy atom. The van der Waals surface area contributed by atoms with E-state index in [0.29, 0.717) is 23.8 Å². The molecule has 1 unspecified atom stereocenters. The second kappa shape index (κ2) is 13.4. The number of nitrogens with zero attached hydrogens (tertiary/aromatic N) is 2. The molecule has 218 valence electrons. The summed E-state index contributed by atoms with van der Waals surface area (Å²) in [6.45, 7) is 3.27. The third kappa shape index (κ3) is 7.29. The average Bonchev–Trinajstić information content (AvgIpc) is 3.46. The molecule has 1 aliphatic rings. The van der Waals surface area contributed by atoms with Gasteiger partial charge in [-0.05, 0) is 49.2 Å². The third-order valence-corrected chi connectivity index (χ3v) is 8.47. The Bertz CT molecular complexity index is 1460. The lowest BCUT2D eigenvalue weighted by molar-refractivity contribution is -0.140. The van der Waals surface area contributed by atoms with Gasteiger partial charge in [-0.1, -0.05) is 42.5 Å². The number of hydrogen-bond donors (Lipinski definition) is 1. The topological polar surface area (TPSA) is 114 Å². The molecule has 1 aliphatic heterocycles. The van der Waals surface area contributed by atoms with Crippen molar-refractivity contribution in [3.05, 3.63) is 83.9 Å². The molecule has 1 heterocycles. The number of likely N-dealkylation sites (N-methyl/N-ethyl adjacent to an activating group) is 1. The number of ether oxygens (including phenoxy) is 3. The fourth-order valence-corrected chi connectivity index (χ4v) is 5.63. The van der Waals surface area contributed by atoms with Crippen molar-refractivity contribution in [1.82, 2.24) is 10.2 Å². The summed E-state index contributed by atoms with van der Waals surface area (Å²) < 4.78 is 43.8. The summed E-state index contributed by atoms with van der Waals surface area (Å²) in [5.41, 5.74) is 1.86. The van der Waals surface area contributed by atoms with E-state index in [2.05, 4.69) is 5.32 Å². The maximum atomic E-state index is 14.2. The van der Waals surface area contributed by atoms with Gasteiger partial charge in [0.1, 0.15) is 18.3 Å². The van der Waals surface area contributed by atoms with Gasteiger partial charge in [-0.2, -0.15) is 0 Å². The highest BCUT2D eigenvalue weighted by Crippen LogP contribution is 2.36. The molecule has 0 saturated heterocycles. The number of benzene rings is 3. The molecular weight excluding hydrogens is 546 g/mol. The minimum absolute atomic E-state index is 0.0280. The van der Waals surface area contributed by atoms with Crippen LogP contribution in [0.2, 0.25) is 0 Å². The van der Waals surface area contributed by atoms with Crippen molar-refractivity contribution in [2.45, 2.75) is 32.9 Å². The quantitative estimate of drug-likeness (QED) is 0.329. The van der Waals surface area contributed by atoms with E-state index < -0.39 is 28.5 Å². The molecule has 11 heteroatoms. The highest BCUT2D eigenvalue weighted by atomic mass is 32.2. The first-order chi connectivity index (χ1) is 19.7. The Hall–Kier alpha value is -4.25. The highest BCUT2D eigenvalue weighted by molar-refractivity contribution is 7.92. The Balaban J connectivity index is 1.74. The Morgan fingerprint density at radius 1 is 0.951 bits per heavy atom. The van der Waals surface area contributed by atoms with Crippen LogP contribution < -0.4 is 23.8 Å². The van der Waals surface area contributed by atoms with Gasteiger partial charge in [0.25, 0.3) is 0 Å². The second-order valence-electron chi connectivity index (χ2n) is 9.42. The standard InChI is InChI=1S/C30H35N3O7S/c1-4-31-30(35)26(17-22-10-7-6-8-11-22)32(19-23-12-9-13-25(16-23)38-3)29(34)20-33(41(36,37)5-2)24-14-15-27-28(18-24)40-21-39-27/h6-16,18,26H,4-5,17,19-21H2,1-3H3,(H,31,35). The summed E-state index contributed by atoms with van der Waals surface area (Å²) >= 11 is 0. The van der Waals surface area contributed by atoms with Gasteiger partial charge >= 0.3 is 0 Å². The van der Waals surface area contributed by atoms with Crippen LogP contribution in [0.25, 0.3) is 0 Å². The highest BCUT2D eigenvalue weighted by Gasteiger charge is 2.34. The molecule has 0 aliphatic carbocycles. The number of anilines is 1. The Kier molecular flexibility index (Phi) is 9.72. The van der Waals surface area contributed by atoms with E-state index in [9.17, 15) is 18.0 Å². The largest absolute Gasteiger partial charge is 0.497 e. The normalized spacial score (nSPS) is 12.9. The maximum Gasteiger partial charge on any atom is 0.244 e. The van der Waals surface area contributed by atoms with Gasteiger partial charge in [0.2, 0.25) is 28.6 Å². The first kappa shape index (κ1) is 29.7. The van der Waals surface area contributed by atoms with Crippen LogP contribution in [0.1, 0.15) is 25.0 Å². The SMILES string of the molecule is CCNC(=O)C(Cc1ccccc1)N(Cc1cccc(OC)c1)C(=O)CN(c1ccc2c(c1)OCO2)S(=O)(=O)CC. The molecule has 3 aromatic rings. The van der Waals surface area contributed by atoms with E-state index in [4.69, 9.17) is 14.2 Å². The fraction of sp³-hybridized carbons (Fsp3) is 0.333. The average molecular weight is 582 g/mol. The predicted octanol–water partition coefficient (Wildman–Crippen LogP) is 3.36. The van der Waals surface area contributed by atoms with Gasteiger partial charge in [-0.3, -0.25) is 13.9 Å². The van der Waals surface area contributed by atoms with Crippen LogP contribution in [-0.2, 0) is 32.6 Å². The molecule has 1 atom stereocenters. The van der Waals surface area contributed by atoms with Crippen LogP contribution in [0.15, 0.2) is 72.8 Å². The zero-order valence-electron chi connectivity index (χ0n) is 23.4. The summed E-state index contributed by atoms with van der Waals surface area (Å²) in [6, 6.07) is 20.4. The molecule has 0 spiro atoms. The molecule has 0 aromatic heterocycles. The molecule has 1 N–H and O–H groups in total. The predicted molar refractivity (Wildman–Crippen MR) is 156 cm³/mol. The zero-order valence-corrected chi connectivity index (χ0v) is 24.2. The first-order valence-electron chi connectivity index (χ1n) is 13.4. The van der Waals surface area contributed by atoms with Gasteiger partial charge in [-0.25, -0.2) is 8.42 Å². The number of carbonyl (C=O) groups is 2. The zero-order chi connectivity index (χ0) is 29.4. The minimum atomic E-state index is -3.89. The summed E-state index contributed by atoms with van der Waals surface area (Å²) in [6.07, 6.45) is 0.243. The molecule has 0 bridgehead atoms. The Labute approximate surface area is 240 Å². The van der Waals surface area contributed by atoms with Crippen molar-refractivity contribution in [1.29, 1.82) is 0 Å². The maximum absolute atomic E-state index is 14.2. The van der Waals surface area contributed by atoms with E-state index in [-0.39, 0.29) is 37.1 Å². The molecule has 0 fully saturated rings. The monoisotopic (exact) mass is 581 g/mol. The smallest absolute Gasteiger partial charge is 0.244 e. The number of amides is 2. The molecule has 0 radical (unpaired) electrons. The van der Waals surface area contributed by atoms with Crippen LogP contribution in [-0.4, -0.2) is 63.9 Å². The van der Waals surface area contributed by atoms with Crippen LogP contribution in [0.4, 0.5) is 5.69 Å². The molecule has 2 amide bonds. The van der Waals surface area contributed by atoms with E-state index in [1.54, 1.807) is 50.4 Å². The van der Waals surface area contributed by atoms with E-state index in [0.717, 1.165) is 15.4 Å². The number of carbonyl (C=O) groups excluding carboxylic acids is 2. The van der Waals surface area contributed by atoms with Gasteiger partial charge in [0.15, 0.2) is 11.5 Å². The molecule has 41 heavy (non-hydrogen) atoms. The number of hydrogen-bond acceptors (Lipinski definition) is 7. The number of nitrogens with one attached hydrogen (secondary N) is 1. The van der Waals surface area contributed by atoms with Crippen molar-refractivity contribution >= 4 is 27.5 Å². The van der Waals surface area contributed by atoms with Crippen molar-refractivity contribution in [2.75, 3.05) is 37.1 Å². The van der Waals surface area contributed by atoms with Gasteiger partial charge in [-0.15, -0.1) is 0 Å². The lowest BCUT2D eigenvalue weighted by Crippen LogP contribution is -2.53. The van der Waals surface area contributed by atoms with E-state index in [1.807, 2.05) is 36.4 Å². The van der Waals surface area contributed by atoms with Crippen LogP contribution in [0, 0.1) is 0 Å². The molecule has 4 rings (SSSR count). The molecule has 0 saturated carbocycles. The van der Waals surface area contributed by atoms with E-state index >= 15 is 0 Å². The number of fused-ring (bicyclic) bond motifs is 1. The second-order valence-corrected chi connectivity index (χ2v) is 11.6. The van der Waals surface area contributed by atoms with Crippen molar-refractivity contribution in [2.24, 2.45) is 0 Å². The molecule has 3 aromatic carbocycles.